The number of benzene rings is 1. The van der Waals surface area contributed by atoms with E-state index >= 15 is 0 Å². The van der Waals surface area contributed by atoms with Gasteiger partial charge in [-0.2, -0.15) is 0 Å². The number of nitrogens with one attached hydrogen (secondary N) is 1. The molecule has 0 aliphatic carbocycles. The van der Waals surface area contributed by atoms with E-state index in [0.717, 1.165) is 34.0 Å². The average Bonchev–Trinajstić information content (AvgIpc) is 2.92. The molecule has 1 saturated heterocycles. The third-order valence-electron chi connectivity index (χ3n) is 3.65. The van der Waals surface area contributed by atoms with Crippen LogP contribution in [0.3, 0.4) is 0 Å². The van der Waals surface area contributed by atoms with Gasteiger partial charge in [-0.1, -0.05) is 11.6 Å². The Morgan fingerprint density at radius 3 is 3.00 bits per heavy atom. The molecule has 4 heteroatoms. The Hall–Kier alpha value is -1.06. The molecule has 1 N–H and O–H groups in total. The second-order valence-corrected chi connectivity index (χ2v) is 5.13. The molecule has 1 fully saturated rings. The number of aromatic nitrogens is 2. The molecular weight excluding hydrogens is 234 g/mol. The van der Waals surface area contributed by atoms with E-state index in [1.54, 1.807) is 0 Å². The van der Waals surface area contributed by atoms with Crippen molar-refractivity contribution in [2.24, 2.45) is 7.05 Å². The predicted octanol–water partition coefficient (Wildman–Crippen LogP) is 2.96. The summed E-state index contributed by atoms with van der Waals surface area (Å²) in [5, 5.41) is 4.29. The highest BCUT2D eigenvalue weighted by molar-refractivity contribution is 6.32. The highest BCUT2D eigenvalue weighted by atomic mass is 35.5. The van der Waals surface area contributed by atoms with Crippen LogP contribution in [-0.4, -0.2) is 16.1 Å². The van der Waals surface area contributed by atoms with Crippen molar-refractivity contribution in [2.75, 3.05) is 6.54 Å². The minimum absolute atomic E-state index is 0.394. The zero-order chi connectivity index (χ0) is 12.0. The van der Waals surface area contributed by atoms with Crippen molar-refractivity contribution in [2.45, 2.75) is 25.8 Å². The van der Waals surface area contributed by atoms with Gasteiger partial charge >= 0.3 is 0 Å². The van der Waals surface area contributed by atoms with Gasteiger partial charge in [0.25, 0.3) is 0 Å². The Morgan fingerprint density at radius 2 is 2.29 bits per heavy atom. The fourth-order valence-corrected chi connectivity index (χ4v) is 2.76. The van der Waals surface area contributed by atoms with Crippen molar-refractivity contribution < 1.29 is 0 Å². The number of nitrogens with zero attached hydrogens (tertiary/aromatic N) is 2. The number of fused-ring (bicyclic) bond motifs is 1. The van der Waals surface area contributed by atoms with Crippen LogP contribution in [0.4, 0.5) is 0 Å². The lowest BCUT2D eigenvalue weighted by atomic mass is 10.2. The minimum Gasteiger partial charge on any atom is -0.330 e. The van der Waals surface area contributed by atoms with Gasteiger partial charge in [0.15, 0.2) is 0 Å². The topological polar surface area (TPSA) is 29.9 Å². The summed E-state index contributed by atoms with van der Waals surface area (Å²) in [6.07, 6.45) is 2.40. The molecule has 1 aromatic carbocycles. The molecule has 0 spiro atoms. The van der Waals surface area contributed by atoms with Gasteiger partial charge in [-0.05, 0) is 44.0 Å². The van der Waals surface area contributed by atoms with Gasteiger partial charge in [-0.3, -0.25) is 0 Å². The number of hydrogen-bond donors (Lipinski definition) is 1. The second-order valence-electron chi connectivity index (χ2n) is 4.72. The summed E-state index contributed by atoms with van der Waals surface area (Å²) >= 11 is 6.14. The normalized spacial score (nSPS) is 20.3. The van der Waals surface area contributed by atoms with Crippen LogP contribution in [0.15, 0.2) is 12.1 Å². The summed E-state index contributed by atoms with van der Waals surface area (Å²) in [7, 11) is 2.08. The fourth-order valence-electron chi connectivity index (χ4n) is 2.60. The zero-order valence-corrected chi connectivity index (χ0v) is 10.9. The third kappa shape index (κ3) is 1.65. The van der Waals surface area contributed by atoms with E-state index in [-0.39, 0.29) is 0 Å². The summed E-state index contributed by atoms with van der Waals surface area (Å²) in [6.45, 7) is 3.12. The molecule has 3 nitrogen and oxygen atoms in total. The monoisotopic (exact) mass is 249 g/mol. The molecule has 0 amide bonds. The van der Waals surface area contributed by atoms with Crippen molar-refractivity contribution in [3.8, 4) is 0 Å². The van der Waals surface area contributed by atoms with Crippen molar-refractivity contribution in [3.05, 3.63) is 28.5 Å². The van der Waals surface area contributed by atoms with Gasteiger partial charge in [0.1, 0.15) is 5.82 Å². The Morgan fingerprint density at radius 1 is 1.47 bits per heavy atom. The molecule has 0 radical (unpaired) electrons. The van der Waals surface area contributed by atoms with E-state index in [2.05, 4.69) is 23.0 Å². The van der Waals surface area contributed by atoms with E-state index in [4.69, 9.17) is 16.6 Å². The molecule has 90 valence electrons. The molecule has 1 unspecified atom stereocenters. The lowest BCUT2D eigenvalue weighted by Crippen LogP contribution is -2.16. The van der Waals surface area contributed by atoms with Crippen LogP contribution in [0.2, 0.25) is 5.02 Å². The number of hydrogen-bond acceptors (Lipinski definition) is 2. The van der Waals surface area contributed by atoms with Crippen molar-refractivity contribution >= 4 is 22.6 Å². The van der Waals surface area contributed by atoms with Crippen molar-refractivity contribution in [3.63, 3.8) is 0 Å². The molecule has 2 aromatic rings. The summed E-state index contributed by atoms with van der Waals surface area (Å²) < 4.78 is 2.18. The van der Waals surface area contributed by atoms with Crippen LogP contribution >= 0.6 is 11.6 Å². The highest BCUT2D eigenvalue weighted by Gasteiger charge is 2.22. The summed E-state index contributed by atoms with van der Waals surface area (Å²) in [5.41, 5.74) is 3.27. The van der Waals surface area contributed by atoms with E-state index in [1.807, 2.05) is 13.0 Å². The van der Waals surface area contributed by atoms with Crippen molar-refractivity contribution in [1.29, 1.82) is 0 Å². The maximum atomic E-state index is 6.14. The summed E-state index contributed by atoms with van der Waals surface area (Å²) in [4.78, 5) is 4.77. The van der Waals surface area contributed by atoms with Gasteiger partial charge in [0.2, 0.25) is 0 Å². The Balaban J connectivity index is 2.20. The minimum atomic E-state index is 0.394. The Labute approximate surface area is 106 Å². The quantitative estimate of drug-likeness (QED) is 0.842. The number of halogens is 1. The average molecular weight is 250 g/mol. The maximum Gasteiger partial charge on any atom is 0.126 e. The molecule has 2 heterocycles. The number of rotatable bonds is 1. The molecule has 1 atom stereocenters. The number of imidazole rings is 1. The van der Waals surface area contributed by atoms with Gasteiger partial charge in [-0.15, -0.1) is 0 Å². The second kappa shape index (κ2) is 4.00. The van der Waals surface area contributed by atoms with Gasteiger partial charge in [0, 0.05) is 12.1 Å². The van der Waals surface area contributed by atoms with E-state index in [0.29, 0.717) is 6.04 Å². The van der Waals surface area contributed by atoms with E-state index in [1.165, 1.54) is 12.8 Å². The standard InChI is InChI=1S/C13H16ClN3/c1-8-9(14)5-6-11-12(8)16-13(17(11)2)10-4-3-7-15-10/h5-6,10,15H,3-4,7H2,1-2H3. The first-order chi connectivity index (χ1) is 8.18. The molecule has 0 saturated carbocycles. The van der Waals surface area contributed by atoms with Crippen LogP contribution in [0.25, 0.3) is 11.0 Å². The highest BCUT2D eigenvalue weighted by Crippen LogP contribution is 2.29. The maximum absolute atomic E-state index is 6.14. The first kappa shape index (κ1) is 11.1. The lowest BCUT2D eigenvalue weighted by molar-refractivity contribution is 0.584. The SMILES string of the molecule is Cc1c(Cl)ccc2c1nc(C1CCCN1)n2C. The van der Waals surface area contributed by atoms with Crippen LogP contribution in [0, 0.1) is 6.92 Å². The molecule has 3 rings (SSSR count). The molecule has 17 heavy (non-hydrogen) atoms. The Bertz CT molecular complexity index is 568. The molecule has 1 aromatic heterocycles. The molecule has 1 aliphatic rings. The predicted molar refractivity (Wildman–Crippen MR) is 70.4 cm³/mol. The zero-order valence-electron chi connectivity index (χ0n) is 10.1. The third-order valence-corrected chi connectivity index (χ3v) is 4.06. The van der Waals surface area contributed by atoms with Crippen molar-refractivity contribution in [1.82, 2.24) is 14.9 Å². The largest absolute Gasteiger partial charge is 0.330 e. The first-order valence-electron chi connectivity index (χ1n) is 6.03. The molecule has 1 aliphatic heterocycles. The van der Waals surface area contributed by atoms with Gasteiger partial charge < -0.3 is 9.88 Å². The van der Waals surface area contributed by atoms with E-state index in [9.17, 15) is 0 Å². The van der Waals surface area contributed by atoms with Gasteiger partial charge in [0.05, 0.1) is 17.1 Å². The van der Waals surface area contributed by atoms with Crippen LogP contribution in [-0.2, 0) is 7.05 Å². The molecule has 0 bridgehead atoms. The van der Waals surface area contributed by atoms with Crippen LogP contribution in [0.1, 0.15) is 30.3 Å². The lowest BCUT2D eigenvalue weighted by Gasteiger charge is -2.09. The van der Waals surface area contributed by atoms with Crippen LogP contribution < -0.4 is 5.32 Å². The van der Waals surface area contributed by atoms with E-state index < -0.39 is 0 Å². The first-order valence-corrected chi connectivity index (χ1v) is 6.41. The summed E-state index contributed by atoms with van der Waals surface area (Å²) in [5.74, 6) is 1.13. The summed E-state index contributed by atoms with van der Waals surface area (Å²) in [6, 6.07) is 4.40. The fraction of sp³-hybridized carbons (Fsp3) is 0.462. The van der Waals surface area contributed by atoms with Crippen LogP contribution in [0.5, 0.6) is 0 Å². The molecular formula is C13H16ClN3. The number of aryl methyl sites for hydroxylation is 2. The van der Waals surface area contributed by atoms with Gasteiger partial charge in [-0.25, -0.2) is 4.98 Å². The Kier molecular flexibility index (Phi) is 2.60. The smallest absolute Gasteiger partial charge is 0.126 e.